The number of hydrogen-bond acceptors (Lipinski definition) is 5. The van der Waals surface area contributed by atoms with Gasteiger partial charge in [-0.2, -0.15) is 0 Å². The maximum Gasteiger partial charge on any atom is 0.269 e. The van der Waals surface area contributed by atoms with Crippen molar-refractivity contribution >= 4 is 17.4 Å². The SMILES string of the molecule is CCC1C(=O)NCCN1CC(=O)c1ccc([N+](=O)[O-])cc1. The summed E-state index contributed by atoms with van der Waals surface area (Å²) >= 11 is 0. The van der Waals surface area contributed by atoms with E-state index in [4.69, 9.17) is 0 Å². The molecule has 1 aromatic carbocycles. The molecule has 1 unspecified atom stereocenters. The molecule has 1 aromatic rings. The summed E-state index contributed by atoms with van der Waals surface area (Å²) in [5.41, 5.74) is 0.372. The Morgan fingerprint density at radius 1 is 1.43 bits per heavy atom. The minimum Gasteiger partial charge on any atom is -0.353 e. The van der Waals surface area contributed by atoms with E-state index in [-0.39, 0.29) is 30.0 Å². The van der Waals surface area contributed by atoms with Gasteiger partial charge in [-0.05, 0) is 18.6 Å². The third kappa shape index (κ3) is 3.43. The fraction of sp³-hybridized carbons (Fsp3) is 0.429. The molecule has 1 amide bonds. The lowest BCUT2D eigenvalue weighted by atomic mass is 10.1. The average molecular weight is 291 g/mol. The van der Waals surface area contributed by atoms with E-state index in [1.807, 2.05) is 11.8 Å². The Balaban J connectivity index is 2.06. The highest BCUT2D eigenvalue weighted by atomic mass is 16.6. The van der Waals surface area contributed by atoms with Crippen molar-refractivity contribution in [3.8, 4) is 0 Å². The van der Waals surface area contributed by atoms with Gasteiger partial charge < -0.3 is 5.32 Å². The molecule has 7 nitrogen and oxygen atoms in total. The molecule has 112 valence electrons. The van der Waals surface area contributed by atoms with Crippen molar-refractivity contribution in [2.24, 2.45) is 0 Å². The monoisotopic (exact) mass is 291 g/mol. The maximum atomic E-state index is 12.2. The zero-order valence-electron chi connectivity index (χ0n) is 11.7. The Labute approximate surface area is 122 Å². The predicted octanol–water partition coefficient (Wildman–Crippen LogP) is 0.988. The number of nitrogens with zero attached hydrogens (tertiary/aromatic N) is 2. The number of nitro groups is 1. The van der Waals surface area contributed by atoms with E-state index in [1.54, 1.807) is 0 Å². The zero-order valence-corrected chi connectivity index (χ0v) is 11.7. The number of piperazine rings is 1. The van der Waals surface area contributed by atoms with E-state index in [0.717, 1.165) is 0 Å². The van der Waals surface area contributed by atoms with Crippen molar-refractivity contribution in [3.05, 3.63) is 39.9 Å². The van der Waals surface area contributed by atoms with Crippen molar-refractivity contribution in [2.45, 2.75) is 19.4 Å². The molecule has 1 aliphatic heterocycles. The number of nitro benzene ring substituents is 1. The van der Waals surface area contributed by atoms with Crippen molar-refractivity contribution < 1.29 is 14.5 Å². The Kier molecular flexibility index (Phi) is 4.64. The van der Waals surface area contributed by atoms with Gasteiger partial charge in [-0.15, -0.1) is 0 Å². The molecular weight excluding hydrogens is 274 g/mol. The molecule has 1 N–H and O–H groups in total. The average Bonchev–Trinajstić information content (AvgIpc) is 2.47. The second-order valence-electron chi connectivity index (χ2n) is 4.91. The minimum absolute atomic E-state index is 0.0460. The Hall–Kier alpha value is -2.28. The molecule has 1 heterocycles. The van der Waals surface area contributed by atoms with E-state index >= 15 is 0 Å². The van der Waals surface area contributed by atoms with Crippen LogP contribution in [-0.4, -0.2) is 47.2 Å². The third-order valence-corrected chi connectivity index (χ3v) is 3.58. The molecule has 1 atom stereocenters. The number of amides is 1. The molecule has 1 aliphatic rings. The van der Waals surface area contributed by atoms with Crippen LogP contribution >= 0.6 is 0 Å². The van der Waals surface area contributed by atoms with Crippen LogP contribution < -0.4 is 5.32 Å². The highest BCUT2D eigenvalue weighted by Crippen LogP contribution is 2.14. The van der Waals surface area contributed by atoms with Crippen LogP contribution in [0.5, 0.6) is 0 Å². The van der Waals surface area contributed by atoms with Crippen LogP contribution in [0.15, 0.2) is 24.3 Å². The van der Waals surface area contributed by atoms with Gasteiger partial charge in [-0.1, -0.05) is 6.92 Å². The first-order valence-corrected chi connectivity index (χ1v) is 6.82. The standard InChI is InChI=1S/C14H17N3O4/c1-2-12-14(19)15-7-8-16(12)9-13(18)10-3-5-11(6-4-10)17(20)21/h3-6,12H,2,7-9H2,1H3,(H,15,19). The van der Waals surface area contributed by atoms with Gasteiger partial charge in [0.25, 0.3) is 5.69 Å². The molecule has 0 aromatic heterocycles. The summed E-state index contributed by atoms with van der Waals surface area (Å²) in [6, 6.07) is 5.23. The Morgan fingerprint density at radius 3 is 2.67 bits per heavy atom. The van der Waals surface area contributed by atoms with Gasteiger partial charge in [-0.25, -0.2) is 0 Å². The lowest BCUT2D eigenvalue weighted by Crippen LogP contribution is -2.56. The molecule has 0 radical (unpaired) electrons. The van der Waals surface area contributed by atoms with Crippen molar-refractivity contribution in [3.63, 3.8) is 0 Å². The first-order chi connectivity index (χ1) is 10.0. The fourth-order valence-electron chi connectivity index (χ4n) is 2.44. The number of non-ortho nitro benzene ring substituents is 1. The lowest BCUT2D eigenvalue weighted by Gasteiger charge is -2.33. The van der Waals surface area contributed by atoms with Crippen molar-refractivity contribution in [2.75, 3.05) is 19.6 Å². The van der Waals surface area contributed by atoms with E-state index in [1.165, 1.54) is 24.3 Å². The molecule has 7 heteroatoms. The quantitative estimate of drug-likeness (QED) is 0.496. The molecule has 0 bridgehead atoms. The van der Waals surface area contributed by atoms with Crippen molar-refractivity contribution in [1.29, 1.82) is 0 Å². The number of carbonyl (C=O) groups is 2. The van der Waals surface area contributed by atoms with Crippen LogP contribution in [0.25, 0.3) is 0 Å². The third-order valence-electron chi connectivity index (χ3n) is 3.58. The fourth-order valence-corrected chi connectivity index (χ4v) is 2.44. The largest absolute Gasteiger partial charge is 0.353 e. The van der Waals surface area contributed by atoms with E-state index < -0.39 is 4.92 Å². The number of rotatable bonds is 5. The van der Waals surface area contributed by atoms with E-state index in [2.05, 4.69) is 5.32 Å². The number of hydrogen-bond donors (Lipinski definition) is 1. The van der Waals surface area contributed by atoms with Crippen LogP contribution in [0.1, 0.15) is 23.7 Å². The summed E-state index contributed by atoms with van der Waals surface area (Å²) in [7, 11) is 0. The first-order valence-electron chi connectivity index (χ1n) is 6.82. The summed E-state index contributed by atoms with van der Waals surface area (Å²) in [4.78, 5) is 35.9. The molecular formula is C14H17N3O4. The highest BCUT2D eigenvalue weighted by Gasteiger charge is 2.29. The molecule has 0 saturated carbocycles. The van der Waals surface area contributed by atoms with Gasteiger partial charge >= 0.3 is 0 Å². The second kappa shape index (κ2) is 6.45. The first kappa shape index (κ1) is 15.1. The van der Waals surface area contributed by atoms with Gasteiger partial charge in [0.1, 0.15) is 0 Å². The summed E-state index contributed by atoms with van der Waals surface area (Å²) in [5, 5.41) is 13.4. The second-order valence-corrected chi connectivity index (χ2v) is 4.91. The molecule has 1 saturated heterocycles. The number of ketones is 1. The van der Waals surface area contributed by atoms with Crippen LogP contribution in [0.2, 0.25) is 0 Å². The molecule has 0 spiro atoms. The van der Waals surface area contributed by atoms with E-state index in [0.29, 0.717) is 25.1 Å². The molecule has 1 fully saturated rings. The van der Waals surface area contributed by atoms with Gasteiger partial charge in [0, 0.05) is 30.8 Å². The maximum absolute atomic E-state index is 12.2. The van der Waals surface area contributed by atoms with Crippen LogP contribution in [-0.2, 0) is 4.79 Å². The van der Waals surface area contributed by atoms with Gasteiger partial charge in [0.2, 0.25) is 5.91 Å². The summed E-state index contributed by atoms with van der Waals surface area (Å²) in [6.07, 6.45) is 0.638. The molecule has 0 aliphatic carbocycles. The highest BCUT2D eigenvalue weighted by molar-refractivity contribution is 5.98. The zero-order chi connectivity index (χ0) is 15.4. The number of nitrogens with one attached hydrogen (secondary N) is 1. The summed E-state index contributed by atoms with van der Waals surface area (Å²) in [5.74, 6) is -0.196. The van der Waals surface area contributed by atoms with Gasteiger partial charge in [0.15, 0.2) is 5.78 Å². The van der Waals surface area contributed by atoms with Gasteiger partial charge in [-0.3, -0.25) is 24.6 Å². The van der Waals surface area contributed by atoms with Crippen molar-refractivity contribution in [1.82, 2.24) is 10.2 Å². The predicted molar refractivity (Wildman–Crippen MR) is 76.1 cm³/mol. The van der Waals surface area contributed by atoms with Gasteiger partial charge in [0.05, 0.1) is 17.5 Å². The minimum atomic E-state index is -0.504. The van der Waals surface area contributed by atoms with Crippen LogP contribution in [0, 0.1) is 10.1 Å². The summed E-state index contributed by atoms with van der Waals surface area (Å²) in [6.45, 7) is 3.20. The smallest absolute Gasteiger partial charge is 0.269 e. The van der Waals surface area contributed by atoms with E-state index in [9.17, 15) is 19.7 Å². The topological polar surface area (TPSA) is 92.6 Å². The molecule has 21 heavy (non-hydrogen) atoms. The number of benzene rings is 1. The Morgan fingerprint density at radius 2 is 2.10 bits per heavy atom. The van der Waals surface area contributed by atoms with Crippen LogP contribution in [0.4, 0.5) is 5.69 Å². The summed E-state index contributed by atoms with van der Waals surface area (Å²) < 4.78 is 0. The molecule has 2 rings (SSSR count). The lowest BCUT2D eigenvalue weighted by molar-refractivity contribution is -0.384. The number of carbonyl (C=O) groups excluding carboxylic acids is 2. The van der Waals surface area contributed by atoms with Crippen LogP contribution in [0.3, 0.4) is 0 Å². The Bertz CT molecular complexity index is 556. The normalized spacial score (nSPS) is 19.1. The number of Topliss-reactive ketones (excluding diaryl/α,β-unsaturated/α-hetero) is 1.